The molecule has 0 unspecified atom stereocenters. The van der Waals surface area contributed by atoms with Crippen LogP contribution in [0.25, 0.3) is 55.6 Å². The second-order valence-electron chi connectivity index (χ2n) is 8.12. The van der Waals surface area contributed by atoms with E-state index in [1.165, 1.54) is 0 Å². The summed E-state index contributed by atoms with van der Waals surface area (Å²) in [6.07, 6.45) is 12.9. The molecule has 0 fully saturated rings. The third-order valence-electron chi connectivity index (χ3n) is 5.92. The van der Waals surface area contributed by atoms with Gasteiger partial charge in [-0.1, -0.05) is 6.92 Å². The lowest BCUT2D eigenvalue weighted by atomic mass is 10.0. The highest BCUT2D eigenvalue weighted by molar-refractivity contribution is 6.00. The average Bonchev–Trinajstić information content (AvgIpc) is 3.51. The summed E-state index contributed by atoms with van der Waals surface area (Å²) in [5, 5.41) is 13.0. The average molecular weight is 447 g/mol. The maximum Gasteiger partial charge on any atom is 0.155 e. The first-order valence-electron chi connectivity index (χ1n) is 11.2. The molecule has 0 aromatic carbocycles. The van der Waals surface area contributed by atoms with Crippen molar-refractivity contribution < 1.29 is 0 Å². The highest BCUT2D eigenvalue weighted by Gasteiger charge is 2.15. The molecule has 0 bridgehead atoms. The van der Waals surface area contributed by atoms with Crippen molar-refractivity contribution in [1.82, 2.24) is 40.4 Å². The number of H-pyrrole nitrogens is 2. The van der Waals surface area contributed by atoms with Crippen LogP contribution in [0.4, 0.5) is 0 Å². The summed E-state index contributed by atoms with van der Waals surface area (Å²) in [4.78, 5) is 21.1. The molecule has 0 spiro atoms. The fourth-order valence-electron chi connectivity index (χ4n) is 4.22. The van der Waals surface area contributed by atoms with Gasteiger partial charge in [0, 0.05) is 71.2 Å². The Hall–Kier alpha value is -4.43. The van der Waals surface area contributed by atoms with Crippen molar-refractivity contribution in [3.8, 4) is 33.6 Å². The lowest BCUT2D eigenvalue weighted by Crippen LogP contribution is -2.11. The standard InChI is InChI=1S/C26H22N8/c1-2-27-10-16-7-18(12-29-11-16)19-8-21-25(33-34-26(21)31-13-19)23-9-20-22(14-30-15-24(20)32-23)17-3-5-28-6-4-17/h3-9,11-15,27,32H,2,10H2,1H3,(H,31,33,34). The van der Waals surface area contributed by atoms with E-state index in [-0.39, 0.29) is 0 Å². The fourth-order valence-corrected chi connectivity index (χ4v) is 4.22. The number of fused-ring (bicyclic) bond motifs is 2. The highest BCUT2D eigenvalue weighted by Crippen LogP contribution is 2.34. The van der Waals surface area contributed by atoms with Gasteiger partial charge < -0.3 is 10.3 Å². The minimum Gasteiger partial charge on any atom is -0.352 e. The van der Waals surface area contributed by atoms with Crippen LogP contribution < -0.4 is 5.32 Å². The lowest BCUT2D eigenvalue weighted by Gasteiger charge is -2.06. The number of nitrogens with one attached hydrogen (secondary N) is 3. The van der Waals surface area contributed by atoms with Crippen LogP contribution >= 0.6 is 0 Å². The first kappa shape index (κ1) is 20.2. The van der Waals surface area contributed by atoms with E-state index in [0.717, 1.165) is 74.2 Å². The number of hydrogen-bond acceptors (Lipinski definition) is 6. The highest BCUT2D eigenvalue weighted by atomic mass is 15.2. The molecular formula is C26H22N8. The molecular weight excluding hydrogens is 424 g/mol. The molecule has 0 aliphatic rings. The minimum absolute atomic E-state index is 0.738. The van der Waals surface area contributed by atoms with Crippen molar-refractivity contribution in [2.45, 2.75) is 13.5 Å². The van der Waals surface area contributed by atoms with Gasteiger partial charge in [0.15, 0.2) is 5.65 Å². The Labute approximate surface area is 195 Å². The summed E-state index contributed by atoms with van der Waals surface area (Å²) in [5.74, 6) is 0. The second kappa shape index (κ2) is 8.49. The molecule has 0 amide bonds. The zero-order valence-corrected chi connectivity index (χ0v) is 18.6. The third-order valence-corrected chi connectivity index (χ3v) is 5.92. The van der Waals surface area contributed by atoms with E-state index in [1.807, 2.05) is 43.1 Å². The predicted molar refractivity (Wildman–Crippen MR) is 133 cm³/mol. The Morgan fingerprint density at radius 1 is 0.824 bits per heavy atom. The van der Waals surface area contributed by atoms with Gasteiger partial charge in [0.2, 0.25) is 0 Å². The molecule has 0 aliphatic heterocycles. The molecule has 6 rings (SSSR count). The van der Waals surface area contributed by atoms with Crippen molar-refractivity contribution in [1.29, 1.82) is 0 Å². The summed E-state index contributed by atoms with van der Waals surface area (Å²) in [5.41, 5.74) is 8.68. The van der Waals surface area contributed by atoms with Crippen LogP contribution in [0.15, 0.2) is 73.7 Å². The number of aromatic nitrogens is 7. The van der Waals surface area contributed by atoms with E-state index in [4.69, 9.17) is 0 Å². The van der Waals surface area contributed by atoms with E-state index in [0.29, 0.717) is 0 Å². The Morgan fingerprint density at radius 2 is 1.68 bits per heavy atom. The number of rotatable bonds is 6. The Bertz CT molecular complexity index is 1600. The monoisotopic (exact) mass is 446 g/mol. The predicted octanol–water partition coefficient (Wildman–Crippen LogP) is 4.73. The molecule has 6 aromatic rings. The summed E-state index contributed by atoms with van der Waals surface area (Å²) >= 11 is 0. The van der Waals surface area contributed by atoms with Crippen LogP contribution in [0.3, 0.4) is 0 Å². The third kappa shape index (κ3) is 3.60. The molecule has 6 heterocycles. The van der Waals surface area contributed by atoms with Crippen molar-refractivity contribution in [2.75, 3.05) is 6.54 Å². The maximum atomic E-state index is 4.62. The smallest absolute Gasteiger partial charge is 0.155 e. The number of nitrogens with zero attached hydrogens (tertiary/aromatic N) is 5. The molecule has 0 saturated carbocycles. The zero-order chi connectivity index (χ0) is 22.9. The molecule has 3 N–H and O–H groups in total. The summed E-state index contributed by atoms with van der Waals surface area (Å²) in [6.45, 7) is 3.79. The van der Waals surface area contributed by atoms with Crippen molar-refractivity contribution in [2.24, 2.45) is 0 Å². The molecule has 0 radical (unpaired) electrons. The van der Waals surface area contributed by atoms with Gasteiger partial charge in [-0.15, -0.1) is 0 Å². The molecule has 0 aliphatic carbocycles. The van der Waals surface area contributed by atoms with Gasteiger partial charge in [-0.3, -0.25) is 20.1 Å². The lowest BCUT2D eigenvalue weighted by molar-refractivity contribution is 0.724. The largest absolute Gasteiger partial charge is 0.352 e. The summed E-state index contributed by atoms with van der Waals surface area (Å²) in [6, 6.07) is 10.4. The Morgan fingerprint density at radius 3 is 2.56 bits per heavy atom. The number of pyridine rings is 4. The van der Waals surface area contributed by atoms with Gasteiger partial charge in [0.05, 0.1) is 17.4 Å². The SMILES string of the molecule is CCNCc1cncc(-c2cnc3[nH]nc(-c4cc5c(-c6ccncc6)cncc5[nH]4)c3c2)c1. The van der Waals surface area contributed by atoms with Crippen molar-refractivity contribution in [3.63, 3.8) is 0 Å². The van der Waals surface area contributed by atoms with Gasteiger partial charge in [0.1, 0.15) is 5.69 Å². The van der Waals surface area contributed by atoms with Gasteiger partial charge in [-0.2, -0.15) is 5.10 Å². The van der Waals surface area contributed by atoms with Crippen molar-refractivity contribution in [3.05, 3.63) is 79.3 Å². The molecule has 0 atom stereocenters. The van der Waals surface area contributed by atoms with E-state index in [2.05, 4.69) is 65.6 Å². The van der Waals surface area contributed by atoms with Gasteiger partial charge in [0.25, 0.3) is 0 Å². The summed E-state index contributed by atoms with van der Waals surface area (Å²) in [7, 11) is 0. The Kier molecular flexibility index (Phi) is 5.04. The van der Waals surface area contributed by atoms with Gasteiger partial charge >= 0.3 is 0 Å². The van der Waals surface area contributed by atoms with E-state index < -0.39 is 0 Å². The first-order valence-corrected chi connectivity index (χ1v) is 11.2. The second-order valence-corrected chi connectivity index (χ2v) is 8.12. The molecule has 34 heavy (non-hydrogen) atoms. The maximum absolute atomic E-state index is 4.62. The molecule has 8 heteroatoms. The van der Waals surface area contributed by atoms with E-state index in [9.17, 15) is 0 Å². The van der Waals surface area contributed by atoms with E-state index >= 15 is 0 Å². The van der Waals surface area contributed by atoms with Crippen LogP contribution in [0.1, 0.15) is 12.5 Å². The molecule has 6 aromatic heterocycles. The van der Waals surface area contributed by atoms with Crippen LogP contribution in [-0.2, 0) is 6.54 Å². The van der Waals surface area contributed by atoms with Crippen LogP contribution in [0, 0.1) is 0 Å². The number of hydrogen-bond donors (Lipinski definition) is 3. The zero-order valence-electron chi connectivity index (χ0n) is 18.6. The normalized spacial score (nSPS) is 11.4. The molecule has 166 valence electrons. The Balaban J connectivity index is 1.44. The van der Waals surface area contributed by atoms with Crippen LogP contribution in [-0.4, -0.2) is 41.7 Å². The van der Waals surface area contributed by atoms with Crippen LogP contribution in [0.2, 0.25) is 0 Å². The fraction of sp³-hybridized carbons (Fsp3) is 0.115. The molecule has 8 nitrogen and oxygen atoms in total. The molecule has 0 saturated heterocycles. The summed E-state index contributed by atoms with van der Waals surface area (Å²) < 4.78 is 0. The van der Waals surface area contributed by atoms with E-state index in [1.54, 1.807) is 12.4 Å². The van der Waals surface area contributed by atoms with Crippen LogP contribution in [0.5, 0.6) is 0 Å². The minimum atomic E-state index is 0.738. The topological polar surface area (TPSA) is 108 Å². The van der Waals surface area contributed by atoms with Gasteiger partial charge in [-0.25, -0.2) is 4.98 Å². The quantitative estimate of drug-likeness (QED) is 0.341. The number of aromatic amines is 2. The first-order chi connectivity index (χ1) is 16.8. The van der Waals surface area contributed by atoms with Gasteiger partial charge in [-0.05, 0) is 48.0 Å². The van der Waals surface area contributed by atoms with Crippen molar-refractivity contribution >= 4 is 21.9 Å².